The van der Waals surface area contributed by atoms with Crippen LogP contribution < -0.4 is 0 Å². The van der Waals surface area contributed by atoms with E-state index in [2.05, 4.69) is 0 Å². The zero-order valence-corrected chi connectivity index (χ0v) is 16.8. The van der Waals surface area contributed by atoms with Crippen LogP contribution in [0.25, 0.3) is 0 Å². The number of amides is 1. The Morgan fingerprint density at radius 3 is 2.24 bits per heavy atom. The molecule has 0 radical (unpaired) electrons. The first-order chi connectivity index (χ1) is 11.7. The summed E-state index contributed by atoms with van der Waals surface area (Å²) in [6, 6.07) is 0.146. The molecule has 25 heavy (non-hydrogen) atoms. The van der Waals surface area contributed by atoms with Crippen LogP contribution in [0.3, 0.4) is 0 Å². The maximum Gasteiger partial charge on any atom is 0.412 e. The topological polar surface area (TPSA) is 38.8 Å². The molecule has 1 amide bonds. The summed E-state index contributed by atoms with van der Waals surface area (Å²) in [4.78, 5) is 14.6. The molecular weight excluding hydrogens is 313 g/mol. The van der Waals surface area contributed by atoms with Gasteiger partial charge in [0.2, 0.25) is 0 Å². The normalized spacial score (nSPS) is 32.0. The van der Waals surface area contributed by atoms with Gasteiger partial charge >= 0.3 is 6.09 Å². The lowest BCUT2D eigenvalue weighted by Crippen LogP contribution is -2.50. The molecule has 3 heterocycles. The van der Waals surface area contributed by atoms with Gasteiger partial charge < -0.3 is 9.47 Å². The van der Waals surface area contributed by atoms with E-state index in [9.17, 15) is 4.79 Å². The summed E-state index contributed by atoms with van der Waals surface area (Å²) in [5, 5.41) is 0. The number of hydrogen-bond acceptors (Lipinski definition) is 3. The van der Waals surface area contributed by atoms with Gasteiger partial charge in [0, 0.05) is 0 Å². The fourth-order valence-corrected chi connectivity index (χ4v) is 5.45. The van der Waals surface area contributed by atoms with Crippen molar-refractivity contribution >= 4 is 12.8 Å². The number of rotatable bonds is 3. The van der Waals surface area contributed by atoms with Gasteiger partial charge in [0.1, 0.15) is 18.0 Å². The lowest BCUT2D eigenvalue weighted by atomic mass is 9.25. The summed E-state index contributed by atoms with van der Waals surface area (Å²) in [7, 11) is 0. The summed E-state index contributed by atoms with van der Waals surface area (Å²) < 4.78 is 11.6. The predicted molar refractivity (Wildman–Crippen MR) is 102 cm³/mol. The smallest absolute Gasteiger partial charge is 0.412 e. The number of hydrogen-bond donors (Lipinski definition) is 0. The van der Waals surface area contributed by atoms with Gasteiger partial charge in [-0.3, -0.25) is 4.90 Å². The molecule has 142 valence electrons. The molecule has 2 bridgehead atoms. The lowest BCUT2D eigenvalue weighted by molar-refractivity contribution is -0.0625. The molecule has 0 N–H and O–H groups in total. The van der Waals surface area contributed by atoms with Gasteiger partial charge in [0.05, 0.1) is 12.6 Å². The predicted octanol–water partition coefficient (Wildman–Crippen LogP) is 5.35. The second-order valence-electron chi connectivity index (χ2n) is 9.89. The Labute approximate surface area is 154 Å². The molecule has 3 aliphatic rings. The van der Waals surface area contributed by atoms with Gasteiger partial charge in [-0.25, -0.2) is 4.79 Å². The minimum atomic E-state index is -0.574. The third-order valence-corrected chi connectivity index (χ3v) is 6.51. The van der Waals surface area contributed by atoms with E-state index in [4.69, 9.17) is 9.47 Å². The summed E-state index contributed by atoms with van der Waals surface area (Å²) in [5.74, 6) is 1.86. The van der Waals surface area contributed by atoms with Gasteiger partial charge in [0.25, 0.3) is 0 Å². The Morgan fingerprint density at radius 1 is 1.16 bits per heavy atom. The van der Waals surface area contributed by atoms with E-state index in [1.54, 1.807) is 0 Å². The first-order valence-corrected chi connectivity index (χ1v) is 10.3. The van der Waals surface area contributed by atoms with Crippen molar-refractivity contribution in [3.63, 3.8) is 0 Å². The minimum Gasteiger partial charge on any atom is -0.444 e. The molecule has 0 aromatic heterocycles. The molecule has 0 spiro atoms. The summed E-state index contributed by atoms with van der Waals surface area (Å²) in [6.45, 7) is 11.2. The van der Waals surface area contributed by atoms with Crippen molar-refractivity contribution in [1.29, 1.82) is 0 Å². The number of ether oxygens (including phenoxy) is 2. The molecule has 0 aliphatic carbocycles. The van der Waals surface area contributed by atoms with E-state index in [1.165, 1.54) is 44.8 Å². The molecule has 3 saturated heterocycles. The fourth-order valence-electron chi connectivity index (χ4n) is 5.45. The Morgan fingerprint density at radius 2 is 1.72 bits per heavy atom. The highest BCUT2D eigenvalue weighted by Gasteiger charge is 2.46. The Hall–Kier alpha value is -0.705. The Bertz CT molecular complexity index is 466. The van der Waals surface area contributed by atoms with Gasteiger partial charge in [-0.1, -0.05) is 56.5 Å². The third kappa shape index (κ3) is 4.35. The van der Waals surface area contributed by atoms with E-state index in [1.807, 2.05) is 39.5 Å². The van der Waals surface area contributed by atoms with Crippen LogP contribution in [0, 0.1) is 0 Å². The van der Waals surface area contributed by atoms with Crippen molar-refractivity contribution in [3.05, 3.63) is 0 Å². The van der Waals surface area contributed by atoms with E-state index < -0.39 is 11.3 Å². The van der Waals surface area contributed by atoms with Gasteiger partial charge in [-0.05, 0) is 41.0 Å². The fraction of sp³-hybridized carbons (Fsp3) is 0.950. The highest BCUT2D eigenvalue weighted by Crippen LogP contribution is 2.48. The molecule has 3 aliphatic heterocycles. The highest BCUT2D eigenvalue weighted by molar-refractivity contribution is 6.62. The second kappa shape index (κ2) is 7.13. The monoisotopic (exact) mass is 349 g/mol. The molecular formula is C20H36BNO3. The SMILES string of the molecule is CC(C)(C)OC(=O)N1[C@H](CCB2C3CCCC2CCC3)COC1(C)C. The van der Waals surface area contributed by atoms with Crippen molar-refractivity contribution in [2.24, 2.45) is 0 Å². The molecule has 3 rings (SSSR count). The van der Waals surface area contributed by atoms with Crippen molar-refractivity contribution in [1.82, 2.24) is 4.90 Å². The minimum absolute atomic E-state index is 0.146. The number of carbonyl (C=O) groups is 1. The Kier molecular flexibility index (Phi) is 5.44. The summed E-state index contributed by atoms with van der Waals surface area (Å²) in [5.41, 5.74) is -1.05. The standard InChI is InChI=1S/C20H36BNO3/c1-19(2,3)25-18(23)22-17(14-24-20(22,4)5)12-13-21-15-8-6-9-16(21)11-7-10-15/h15-17H,6-14H2,1-5H3/t15?,16?,17-/m1/s1. The van der Waals surface area contributed by atoms with E-state index >= 15 is 0 Å². The van der Waals surface area contributed by atoms with Crippen LogP contribution in [0.1, 0.15) is 79.6 Å². The Balaban J connectivity index is 1.63. The molecule has 0 unspecified atom stereocenters. The van der Waals surface area contributed by atoms with Crippen molar-refractivity contribution in [2.45, 2.75) is 115 Å². The zero-order chi connectivity index (χ0) is 18.2. The quantitative estimate of drug-likeness (QED) is 0.645. The van der Waals surface area contributed by atoms with E-state index in [-0.39, 0.29) is 12.1 Å². The van der Waals surface area contributed by atoms with Crippen molar-refractivity contribution in [2.75, 3.05) is 6.61 Å². The molecule has 0 saturated carbocycles. The van der Waals surface area contributed by atoms with Crippen LogP contribution >= 0.6 is 0 Å². The van der Waals surface area contributed by atoms with Gasteiger partial charge in [-0.2, -0.15) is 0 Å². The van der Waals surface area contributed by atoms with Crippen LogP contribution in [-0.4, -0.2) is 41.7 Å². The zero-order valence-electron chi connectivity index (χ0n) is 16.8. The molecule has 4 nitrogen and oxygen atoms in total. The third-order valence-electron chi connectivity index (χ3n) is 6.51. The molecule has 3 fully saturated rings. The molecule has 0 aromatic rings. The maximum atomic E-state index is 12.8. The maximum absolute atomic E-state index is 12.8. The van der Waals surface area contributed by atoms with Crippen LogP contribution in [0.2, 0.25) is 18.0 Å². The molecule has 5 heteroatoms. The average Bonchev–Trinajstić information content (AvgIpc) is 2.77. The van der Waals surface area contributed by atoms with Crippen LogP contribution in [0.4, 0.5) is 4.79 Å². The van der Waals surface area contributed by atoms with E-state index in [0.717, 1.165) is 24.8 Å². The first kappa shape index (κ1) is 19.1. The second-order valence-corrected chi connectivity index (χ2v) is 9.89. The number of fused-ring (bicyclic) bond motifs is 2. The number of nitrogens with zero attached hydrogens (tertiary/aromatic N) is 1. The average molecular weight is 349 g/mol. The van der Waals surface area contributed by atoms with Crippen LogP contribution in [-0.2, 0) is 9.47 Å². The van der Waals surface area contributed by atoms with Crippen LogP contribution in [0.5, 0.6) is 0 Å². The molecule has 0 aromatic carbocycles. The lowest BCUT2D eigenvalue weighted by Gasteiger charge is -2.41. The summed E-state index contributed by atoms with van der Waals surface area (Å²) in [6.07, 6.45) is 10.6. The van der Waals surface area contributed by atoms with Crippen molar-refractivity contribution < 1.29 is 14.3 Å². The highest BCUT2D eigenvalue weighted by atomic mass is 16.6. The van der Waals surface area contributed by atoms with Crippen LogP contribution in [0.15, 0.2) is 0 Å². The van der Waals surface area contributed by atoms with Crippen molar-refractivity contribution in [3.8, 4) is 0 Å². The largest absolute Gasteiger partial charge is 0.444 e. The van der Waals surface area contributed by atoms with E-state index in [0.29, 0.717) is 6.61 Å². The van der Waals surface area contributed by atoms with Gasteiger partial charge in [-0.15, -0.1) is 0 Å². The first-order valence-electron chi connectivity index (χ1n) is 10.3. The van der Waals surface area contributed by atoms with Gasteiger partial charge in [0.15, 0.2) is 0 Å². The molecule has 1 atom stereocenters. The summed E-state index contributed by atoms with van der Waals surface area (Å²) >= 11 is 0. The number of carbonyl (C=O) groups excluding carboxylic acids is 1.